The molecule has 3 rings (SSSR count). The van der Waals surface area contributed by atoms with Crippen LogP contribution in [0.25, 0.3) is 0 Å². The highest BCUT2D eigenvalue weighted by Gasteiger charge is 2.18. The minimum absolute atomic E-state index is 0.197. The highest BCUT2D eigenvalue weighted by molar-refractivity contribution is 7.92. The molecule has 0 radical (unpaired) electrons. The predicted octanol–water partition coefficient (Wildman–Crippen LogP) is 4.98. The van der Waals surface area contributed by atoms with Crippen molar-refractivity contribution in [2.75, 3.05) is 4.72 Å². The van der Waals surface area contributed by atoms with Gasteiger partial charge in [-0.05, 0) is 61.1 Å². The molecule has 0 atom stereocenters. The van der Waals surface area contributed by atoms with Gasteiger partial charge >= 0.3 is 0 Å². The molecule has 1 N–H and O–H groups in total. The molecule has 1 fully saturated rings. The summed E-state index contributed by atoms with van der Waals surface area (Å²) in [5.41, 5.74) is 1.92. The topological polar surface area (TPSA) is 46.2 Å². The first-order valence-corrected chi connectivity index (χ1v) is 9.83. The molecule has 0 unspecified atom stereocenters. The molecule has 3 nitrogen and oxygen atoms in total. The van der Waals surface area contributed by atoms with Crippen LogP contribution in [0, 0.1) is 12.7 Å². The van der Waals surface area contributed by atoms with Crippen molar-refractivity contribution in [3.63, 3.8) is 0 Å². The summed E-state index contributed by atoms with van der Waals surface area (Å²) >= 11 is 0. The van der Waals surface area contributed by atoms with Crippen LogP contribution in [0.5, 0.6) is 0 Å². The quantitative estimate of drug-likeness (QED) is 0.847. The Hall–Kier alpha value is -1.88. The van der Waals surface area contributed by atoms with Crippen LogP contribution in [0.15, 0.2) is 47.4 Å². The standard InChI is InChI=1S/C19H22FNO2S/c1-14-7-10-17(13-19(14)20)21-24(22,23)18-11-8-16(9-12-18)15-5-3-2-4-6-15/h7-13,15,21H,2-6H2,1H3. The van der Waals surface area contributed by atoms with Gasteiger partial charge in [-0.25, -0.2) is 12.8 Å². The Labute approximate surface area is 143 Å². The fourth-order valence-corrected chi connectivity index (χ4v) is 4.27. The average Bonchev–Trinajstić information content (AvgIpc) is 2.59. The Morgan fingerprint density at radius 3 is 2.29 bits per heavy atom. The van der Waals surface area contributed by atoms with Gasteiger partial charge in [-0.3, -0.25) is 4.72 Å². The zero-order valence-electron chi connectivity index (χ0n) is 13.8. The maximum atomic E-state index is 13.6. The van der Waals surface area contributed by atoms with E-state index in [-0.39, 0.29) is 10.6 Å². The van der Waals surface area contributed by atoms with E-state index >= 15 is 0 Å². The molecule has 2 aromatic carbocycles. The smallest absolute Gasteiger partial charge is 0.261 e. The number of anilines is 1. The first-order valence-electron chi connectivity index (χ1n) is 8.35. The molecule has 24 heavy (non-hydrogen) atoms. The highest BCUT2D eigenvalue weighted by atomic mass is 32.2. The number of aryl methyl sites for hydroxylation is 1. The van der Waals surface area contributed by atoms with E-state index in [4.69, 9.17) is 0 Å². The lowest BCUT2D eigenvalue weighted by Crippen LogP contribution is -2.13. The molecule has 0 aromatic heterocycles. The van der Waals surface area contributed by atoms with Crippen LogP contribution in [0.1, 0.15) is 49.1 Å². The van der Waals surface area contributed by atoms with Crippen LogP contribution in [0.4, 0.5) is 10.1 Å². The molecule has 0 spiro atoms. The summed E-state index contributed by atoms with van der Waals surface area (Å²) in [6.07, 6.45) is 6.12. The third-order valence-corrected chi connectivity index (χ3v) is 6.09. The minimum atomic E-state index is -3.71. The maximum absolute atomic E-state index is 13.6. The fraction of sp³-hybridized carbons (Fsp3) is 0.368. The van der Waals surface area contributed by atoms with E-state index in [0.717, 1.165) is 0 Å². The van der Waals surface area contributed by atoms with Gasteiger partial charge in [-0.15, -0.1) is 0 Å². The lowest BCUT2D eigenvalue weighted by molar-refractivity contribution is 0.443. The molecular weight excluding hydrogens is 325 g/mol. The number of benzene rings is 2. The van der Waals surface area contributed by atoms with Gasteiger partial charge in [0.1, 0.15) is 5.82 Å². The van der Waals surface area contributed by atoms with Crippen molar-refractivity contribution in [1.29, 1.82) is 0 Å². The van der Waals surface area contributed by atoms with Crippen LogP contribution in [0.3, 0.4) is 0 Å². The second kappa shape index (κ2) is 6.93. The highest BCUT2D eigenvalue weighted by Crippen LogP contribution is 2.33. The van der Waals surface area contributed by atoms with Crippen LogP contribution in [-0.4, -0.2) is 8.42 Å². The van der Waals surface area contributed by atoms with Crippen molar-refractivity contribution in [2.45, 2.75) is 49.8 Å². The number of hydrogen-bond acceptors (Lipinski definition) is 2. The molecule has 2 aromatic rings. The van der Waals surface area contributed by atoms with E-state index in [1.54, 1.807) is 31.2 Å². The first kappa shape index (κ1) is 17.0. The Morgan fingerprint density at radius 2 is 1.67 bits per heavy atom. The molecule has 0 heterocycles. The van der Waals surface area contributed by atoms with Gasteiger partial charge in [0.25, 0.3) is 10.0 Å². The number of sulfonamides is 1. The summed E-state index contributed by atoms with van der Waals surface area (Å²) in [5, 5.41) is 0. The van der Waals surface area contributed by atoms with Crippen LogP contribution < -0.4 is 4.72 Å². The summed E-state index contributed by atoms with van der Waals surface area (Å²) in [5.74, 6) is 0.109. The van der Waals surface area contributed by atoms with E-state index in [9.17, 15) is 12.8 Å². The molecule has 5 heteroatoms. The van der Waals surface area contributed by atoms with Crippen molar-refractivity contribution in [3.8, 4) is 0 Å². The lowest BCUT2D eigenvalue weighted by Gasteiger charge is -2.22. The van der Waals surface area contributed by atoms with Crippen molar-refractivity contribution in [3.05, 3.63) is 59.4 Å². The van der Waals surface area contributed by atoms with E-state index in [0.29, 0.717) is 11.5 Å². The maximum Gasteiger partial charge on any atom is 0.261 e. The van der Waals surface area contributed by atoms with Gasteiger partial charge in [-0.2, -0.15) is 0 Å². The predicted molar refractivity (Wildman–Crippen MR) is 94.2 cm³/mol. The number of nitrogens with one attached hydrogen (secondary N) is 1. The molecule has 1 aliphatic carbocycles. The van der Waals surface area contributed by atoms with Crippen molar-refractivity contribution in [2.24, 2.45) is 0 Å². The lowest BCUT2D eigenvalue weighted by atomic mass is 9.84. The second-order valence-electron chi connectivity index (χ2n) is 6.47. The van der Waals surface area contributed by atoms with Gasteiger partial charge in [0.2, 0.25) is 0 Å². The largest absolute Gasteiger partial charge is 0.280 e. The molecule has 1 saturated carbocycles. The molecule has 0 bridgehead atoms. The van der Waals surface area contributed by atoms with Gasteiger partial charge in [0.15, 0.2) is 0 Å². The van der Waals surface area contributed by atoms with Crippen molar-refractivity contribution in [1.82, 2.24) is 0 Å². The van der Waals surface area contributed by atoms with Gasteiger partial charge < -0.3 is 0 Å². The summed E-state index contributed by atoms with van der Waals surface area (Å²) in [7, 11) is -3.71. The fourth-order valence-electron chi connectivity index (χ4n) is 3.23. The summed E-state index contributed by atoms with van der Waals surface area (Å²) in [6.45, 7) is 1.64. The number of rotatable bonds is 4. The van der Waals surface area contributed by atoms with Crippen molar-refractivity contribution < 1.29 is 12.8 Å². The Morgan fingerprint density at radius 1 is 1.00 bits per heavy atom. The zero-order valence-corrected chi connectivity index (χ0v) is 14.6. The molecule has 0 saturated heterocycles. The number of halogens is 1. The molecule has 0 aliphatic heterocycles. The molecule has 1 aliphatic rings. The second-order valence-corrected chi connectivity index (χ2v) is 8.16. The molecule has 128 valence electrons. The average molecular weight is 347 g/mol. The van der Waals surface area contributed by atoms with E-state index in [2.05, 4.69) is 4.72 Å². The van der Waals surface area contributed by atoms with Crippen LogP contribution >= 0.6 is 0 Å². The third kappa shape index (κ3) is 3.78. The third-order valence-electron chi connectivity index (χ3n) is 4.69. The van der Waals surface area contributed by atoms with Gasteiger partial charge in [0.05, 0.1) is 10.6 Å². The molecule has 0 amide bonds. The summed E-state index contributed by atoms with van der Waals surface area (Å²) in [6, 6.07) is 11.4. The summed E-state index contributed by atoms with van der Waals surface area (Å²) in [4.78, 5) is 0.197. The van der Waals surface area contributed by atoms with Crippen molar-refractivity contribution >= 4 is 15.7 Å². The Bertz CT molecular complexity index is 810. The normalized spacial score (nSPS) is 16.1. The van der Waals surface area contributed by atoms with Gasteiger partial charge in [-0.1, -0.05) is 37.5 Å². The number of hydrogen-bond donors (Lipinski definition) is 1. The molecular formula is C19H22FNO2S. The van der Waals surface area contributed by atoms with Crippen LogP contribution in [0.2, 0.25) is 0 Å². The van der Waals surface area contributed by atoms with Crippen LogP contribution in [-0.2, 0) is 10.0 Å². The van der Waals surface area contributed by atoms with E-state index < -0.39 is 15.8 Å². The summed E-state index contributed by atoms with van der Waals surface area (Å²) < 4.78 is 40.9. The first-order chi connectivity index (χ1) is 11.5. The van der Waals surface area contributed by atoms with E-state index in [1.807, 2.05) is 12.1 Å². The zero-order chi connectivity index (χ0) is 17.2. The SMILES string of the molecule is Cc1ccc(NS(=O)(=O)c2ccc(C3CCCCC3)cc2)cc1F. The Balaban J connectivity index is 1.77. The van der Waals surface area contributed by atoms with E-state index in [1.165, 1.54) is 43.7 Å². The Kier molecular flexibility index (Phi) is 4.90. The monoisotopic (exact) mass is 347 g/mol. The minimum Gasteiger partial charge on any atom is -0.280 e. The van der Waals surface area contributed by atoms with Gasteiger partial charge in [0, 0.05) is 0 Å².